The first-order valence-corrected chi connectivity index (χ1v) is 9.24. The highest BCUT2D eigenvalue weighted by Crippen LogP contribution is 2.25. The lowest BCUT2D eigenvalue weighted by Crippen LogP contribution is -2.26. The van der Waals surface area contributed by atoms with Gasteiger partial charge in [0.15, 0.2) is 5.76 Å². The fraction of sp³-hybridized carbons (Fsp3) is 0.150. The number of nitrogens with zero attached hydrogens (tertiary/aromatic N) is 1. The van der Waals surface area contributed by atoms with Crippen LogP contribution in [0.2, 0.25) is 5.02 Å². The summed E-state index contributed by atoms with van der Waals surface area (Å²) in [6.07, 6.45) is 1.57. The Balaban J connectivity index is 1.67. The minimum atomic E-state index is -0.131. The maximum Gasteiger partial charge on any atom is 0.289 e. The van der Waals surface area contributed by atoms with Crippen LogP contribution in [0.25, 0.3) is 0 Å². The number of amides is 1. The summed E-state index contributed by atoms with van der Waals surface area (Å²) in [5.41, 5.74) is 1.88. The van der Waals surface area contributed by atoms with Gasteiger partial charge in [-0.25, -0.2) is 0 Å². The molecule has 0 aliphatic heterocycles. The van der Waals surface area contributed by atoms with Crippen molar-refractivity contribution in [3.63, 3.8) is 0 Å². The number of carbonyl (C=O) groups is 1. The van der Waals surface area contributed by atoms with Crippen molar-refractivity contribution >= 4 is 29.3 Å². The fourth-order valence-electron chi connectivity index (χ4n) is 2.47. The first-order valence-electron chi connectivity index (χ1n) is 7.87. The van der Waals surface area contributed by atoms with Crippen molar-refractivity contribution in [2.24, 2.45) is 0 Å². The van der Waals surface area contributed by atoms with Crippen LogP contribution in [-0.2, 0) is 12.3 Å². The lowest BCUT2D eigenvalue weighted by atomic mass is 10.2. The standard InChI is InChI=1S/C20H18ClNO2S/c1-22(13-15-6-5-7-17(21)12-15)20(23)19-16(10-11-24-19)14-25-18-8-3-2-4-9-18/h2-12H,13-14H2,1H3. The Morgan fingerprint density at radius 1 is 1.12 bits per heavy atom. The molecule has 2 aromatic carbocycles. The largest absolute Gasteiger partial charge is 0.459 e. The van der Waals surface area contributed by atoms with Gasteiger partial charge in [-0.15, -0.1) is 11.8 Å². The zero-order valence-corrected chi connectivity index (χ0v) is 15.4. The molecule has 0 aliphatic rings. The Morgan fingerprint density at radius 3 is 2.68 bits per heavy atom. The molecule has 0 spiro atoms. The predicted molar refractivity (Wildman–Crippen MR) is 102 cm³/mol. The van der Waals surface area contributed by atoms with Crippen LogP contribution in [0.1, 0.15) is 21.7 Å². The van der Waals surface area contributed by atoms with Gasteiger partial charge in [0.25, 0.3) is 5.91 Å². The summed E-state index contributed by atoms with van der Waals surface area (Å²) in [6, 6.07) is 19.5. The third-order valence-corrected chi connectivity index (χ3v) is 5.03. The second-order valence-electron chi connectivity index (χ2n) is 5.67. The van der Waals surface area contributed by atoms with E-state index in [4.69, 9.17) is 16.0 Å². The zero-order valence-electron chi connectivity index (χ0n) is 13.8. The van der Waals surface area contributed by atoms with E-state index in [1.54, 1.807) is 30.0 Å². The first kappa shape index (κ1) is 17.6. The van der Waals surface area contributed by atoms with E-state index in [0.29, 0.717) is 23.1 Å². The first-order chi connectivity index (χ1) is 12.1. The fourth-order valence-corrected chi connectivity index (χ4v) is 3.58. The van der Waals surface area contributed by atoms with Gasteiger partial charge in [0.05, 0.1) is 6.26 Å². The maximum atomic E-state index is 12.7. The van der Waals surface area contributed by atoms with Crippen molar-refractivity contribution in [1.29, 1.82) is 0 Å². The molecule has 0 saturated carbocycles. The van der Waals surface area contributed by atoms with Crippen LogP contribution in [0.15, 0.2) is 76.2 Å². The lowest BCUT2D eigenvalue weighted by Gasteiger charge is -2.17. The van der Waals surface area contributed by atoms with Crippen LogP contribution < -0.4 is 0 Å². The molecule has 0 unspecified atom stereocenters. The molecule has 0 saturated heterocycles. The molecule has 1 heterocycles. The molecule has 3 nitrogen and oxygen atoms in total. The molecular formula is C20H18ClNO2S. The zero-order chi connectivity index (χ0) is 17.6. The SMILES string of the molecule is CN(Cc1cccc(Cl)c1)C(=O)c1occc1CSc1ccccc1. The topological polar surface area (TPSA) is 33.5 Å². The summed E-state index contributed by atoms with van der Waals surface area (Å²) in [7, 11) is 1.76. The van der Waals surface area contributed by atoms with E-state index in [0.717, 1.165) is 16.0 Å². The van der Waals surface area contributed by atoms with E-state index >= 15 is 0 Å². The van der Waals surface area contributed by atoms with Gasteiger partial charge in [0.1, 0.15) is 0 Å². The number of hydrogen-bond donors (Lipinski definition) is 0. The van der Waals surface area contributed by atoms with Crippen molar-refractivity contribution in [3.8, 4) is 0 Å². The maximum absolute atomic E-state index is 12.7. The number of furan rings is 1. The molecule has 0 N–H and O–H groups in total. The van der Waals surface area contributed by atoms with Crippen molar-refractivity contribution in [2.45, 2.75) is 17.2 Å². The molecule has 5 heteroatoms. The normalized spacial score (nSPS) is 10.6. The Kier molecular flexibility index (Phi) is 5.84. The number of thioether (sulfide) groups is 1. The molecular weight excluding hydrogens is 354 g/mol. The summed E-state index contributed by atoms with van der Waals surface area (Å²) in [4.78, 5) is 15.5. The van der Waals surface area contributed by atoms with Crippen molar-refractivity contribution in [2.75, 3.05) is 7.05 Å². The second-order valence-corrected chi connectivity index (χ2v) is 7.15. The van der Waals surface area contributed by atoms with Gasteiger partial charge in [-0.05, 0) is 35.9 Å². The van der Waals surface area contributed by atoms with Gasteiger partial charge < -0.3 is 9.32 Å². The molecule has 1 amide bonds. The van der Waals surface area contributed by atoms with Crippen LogP contribution in [0.3, 0.4) is 0 Å². The number of rotatable bonds is 6. The summed E-state index contributed by atoms with van der Waals surface area (Å²) < 4.78 is 5.47. The molecule has 0 atom stereocenters. The monoisotopic (exact) mass is 371 g/mol. The van der Waals surface area contributed by atoms with Gasteiger partial charge in [0, 0.05) is 34.8 Å². The van der Waals surface area contributed by atoms with Crippen LogP contribution in [0, 0.1) is 0 Å². The summed E-state index contributed by atoms with van der Waals surface area (Å²) in [5, 5.41) is 0.663. The summed E-state index contributed by atoms with van der Waals surface area (Å²) in [6.45, 7) is 0.478. The molecule has 25 heavy (non-hydrogen) atoms. The number of halogens is 1. The molecule has 128 valence electrons. The van der Waals surface area contributed by atoms with E-state index < -0.39 is 0 Å². The number of hydrogen-bond acceptors (Lipinski definition) is 3. The average Bonchev–Trinajstić information content (AvgIpc) is 3.08. The van der Waals surface area contributed by atoms with E-state index in [2.05, 4.69) is 12.1 Å². The second kappa shape index (κ2) is 8.28. The Hall–Kier alpha value is -2.17. The van der Waals surface area contributed by atoms with Crippen LogP contribution >= 0.6 is 23.4 Å². The molecule has 0 radical (unpaired) electrons. The van der Waals surface area contributed by atoms with Gasteiger partial charge in [0.2, 0.25) is 0 Å². The van der Waals surface area contributed by atoms with Gasteiger partial charge in [-0.3, -0.25) is 4.79 Å². The van der Waals surface area contributed by atoms with Crippen molar-refractivity contribution in [1.82, 2.24) is 4.90 Å². The average molecular weight is 372 g/mol. The number of benzene rings is 2. The van der Waals surface area contributed by atoms with Crippen LogP contribution in [0.5, 0.6) is 0 Å². The smallest absolute Gasteiger partial charge is 0.289 e. The molecule has 3 aromatic rings. The highest BCUT2D eigenvalue weighted by molar-refractivity contribution is 7.98. The number of carbonyl (C=O) groups excluding carboxylic acids is 1. The quantitative estimate of drug-likeness (QED) is 0.536. The Morgan fingerprint density at radius 2 is 1.92 bits per heavy atom. The molecule has 1 aromatic heterocycles. The molecule has 0 fully saturated rings. The van der Waals surface area contributed by atoms with Crippen molar-refractivity contribution in [3.05, 3.63) is 88.8 Å². The Labute approximate surface area is 156 Å². The summed E-state index contributed by atoms with van der Waals surface area (Å²) in [5.74, 6) is 0.952. The van der Waals surface area contributed by atoms with Gasteiger partial charge >= 0.3 is 0 Å². The van der Waals surface area contributed by atoms with E-state index in [9.17, 15) is 4.79 Å². The van der Waals surface area contributed by atoms with Crippen molar-refractivity contribution < 1.29 is 9.21 Å². The Bertz CT molecular complexity index is 848. The van der Waals surface area contributed by atoms with Crippen LogP contribution in [0.4, 0.5) is 0 Å². The minimum absolute atomic E-state index is 0.131. The predicted octanol–water partition coefficient (Wildman–Crippen LogP) is 5.50. The highest BCUT2D eigenvalue weighted by atomic mass is 35.5. The third-order valence-electron chi connectivity index (χ3n) is 3.73. The van der Waals surface area contributed by atoms with Crippen LogP contribution in [-0.4, -0.2) is 17.9 Å². The molecule has 3 rings (SSSR count). The minimum Gasteiger partial charge on any atom is -0.459 e. The lowest BCUT2D eigenvalue weighted by molar-refractivity contribution is 0.0752. The van der Waals surface area contributed by atoms with Gasteiger partial charge in [-0.1, -0.05) is 41.9 Å². The third kappa shape index (κ3) is 4.68. The highest BCUT2D eigenvalue weighted by Gasteiger charge is 2.19. The molecule has 0 aliphatic carbocycles. The van der Waals surface area contributed by atoms with Gasteiger partial charge in [-0.2, -0.15) is 0 Å². The van der Waals surface area contributed by atoms with E-state index in [-0.39, 0.29) is 5.91 Å². The van der Waals surface area contributed by atoms with E-state index in [1.807, 2.05) is 48.5 Å². The summed E-state index contributed by atoms with van der Waals surface area (Å²) >= 11 is 7.69. The molecule has 0 bridgehead atoms. The van der Waals surface area contributed by atoms with E-state index in [1.165, 1.54) is 0 Å².